The van der Waals surface area contributed by atoms with Gasteiger partial charge in [0.25, 0.3) is 5.91 Å². The third kappa shape index (κ3) is 5.08. The molecule has 0 atom stereocenters. The van der Waals surface area contributed by atoms with Crippen LogP contribution in [0, 0.1) is 11.3 Å². The predicted octanol–water partition coefficient (Wildman–Crippen LogP) is 2.97. The van der Waals surface area contributed by atoms with Gasteiger partial charge >= 0.3 is 0 Å². The van der Waals surface area contributed by atoms with Gasteiger partial charge in [-0.2, -0.15) is 10.2 Å². The van der Waals surface area contributed by atoms with E-state index in [1.54, 1.807) is 10.6 Å². The number of imidazole rings is 1. The van der Waals surface area contributed by atoms with E-state index in [1.807, 2.05) is 6.07 Å². The van der Waals surface area contributed by atoms with Crippen molar-refractivity contribution in [1.82, 2.24) is 14.9 Å². The number of hydrogen-bond acceptors (Lipinski definition) is 4. The van der Waals surface area contributed by atoms with Crippen molar-refractivity contribution in [2.75, 3.05) is 18.4 Å². The number of anilines is 1. The Labute approximate surface area is 136 Å². The van der Waals surface area contributed by atoms with E-state index in [4.69, 9.17) is 16.9 Å². The second kappa shape index (κ2) is 9.85. The van der Waals surface area contributed by atoms with Gasteiger partial charge in [-0.05, 0) is 24.4 Å². The molecule has 1 rings (SSSR count). The van der Waals surface area contributed by atoms with E-state index in [1.165, 1.54) is 0 Å². The number of nitriles is 1. The lowest BCUT2D eigenvalue weighted by atomic mass is 10.3. The van der Waals surface area contributed by atoms with Gasteiger partial charge in [-0.15, -0.1) is 6.58 Å². The number of halogens is 1. The van der Waals surface area contributed by atoms with Crippen molar-refractivity contribution in [3.05, 3.63) is 23.6 Å². The highest BCUT2D eigenvalue weighted by Gasteiger charge is 2.21. The van der Waals surface area contributed by atoms with Gasteiger partial charge in [0, 0.05) is 26.1 Å². The fourth-order valence-electron chi connectivity index (χ4n) is 1.91. The lowest BCUT2D eigenvalue weighted by Gasteiger charge is -2.10. The monoisotopic (exact) mass is 323 g/mol. The summed E-state index contributed by atoms with van der Waals surface area (Å²) in [5.41, 5.74) is 0.401. The number of allylic oxidation sites excluding steroid dienone is 1. The largest absolute Gasteiger partial charge is 0.368 e. The Morgan fingerprint density at radius 1 is 1.50 bits per heavy atom. The molecule has 0 fully saturated rings. The van der Waals surface area contributed by atoms with Crippen LogP contribution in [0.2, 0.25) is 5.28 Å². The molecule has 0 aliphatic carbocycles. The summed E-state index contributed by atoms with van der Waals surface area (Å²) in [5, 5.41) is 14.7. The number of carbonyl (C=O) groups is 1. The van der Waals surface area contributed by atoms with Crippen LogP contribution in [0.5, 0.6) is 0 Å². The summed E-state index contributed by atoms with van der Waals surface area (Å²) in [6.07, 6.45) is 4.72. The first kappa shape index (κ1) is 18.1. The van der Waals surface area contributed by atoms with E-state index in [-0.39, 0.29) is 11.2 Å². The van der Waals surface area contributed by atoms with E-state index < -0.39 is 0 Å². The molecule has 22 heavy (non-hydrogen) atoms. The summed E-state index contributed by atoms with van der Waals surface area (Å²) in [7, 11) is 0. The second-order valence-electron chi connectivity index (χ2n) is 4.78. The summed E-state index contributed by atoms with van der Waals surface area (Å²) in [5.74, 6) is 0.233. The Balaban J connectivity index is 2.88. The molecule has 0 unspecified atom stereocenters. The molecular weight excluding hydrogens is 302 g/mol. The molecule has 0 saturated heterocycles. The van der Waals surface area contributed by atoms with E-state index >= 15 is 0 Å². The zero-order valence-corrected chi connectivity index (χ0v) is 13.6. The lowest BCUT2D eigenvalue weighted by Crippen LogP contribution is -2.28. The maximum atomic E-state index is 12.4. The van der Waals surface area contributed by atoms with Crippen LogP contribution in [0.3, 0.4) is 0 Å². The fraction of sp³-hybridized carbons (Fsp3) is 0.533. The average Bonchev–Trinajstić information content (AvgIpc) is 2.80. The quantitative estimate of drug-likeness (QED) is 0.512. The number of aromatic nitrogens is 2. The molecule has 0 saturated carbocycles. The molecule has 0 radical (unpaired) electrons. The molecule has 0 bridgehead atoms. The third-order valence-corrected chi connectivity index (χ3v) is 3.31. The van der Waals surface area contributed by atoms with Crippen molar-refractivity contribution in [1.29, 1.82) is 5.26 Å². The van der Waals surface area contributed by atoms with Gasteiger partial charge in [0.2, 0.25) is 5.28 Å². The van der Waals surface area contributed by atoms with Crippen molar-refractivity contribution in [2.24, 2.45) is 0 Å². The summed E-state index contributed by atoms with van der Waals surface area (Å²) in [4.78, 5) is 16.6. The number of rotatable bonds is 10. The zero-order valence-electron chi connectivity index (χ0n) is 12.9. The topological polar surface area (TPSA) is 82.7 Å². The van der Waals surface area contributed by atoms with Crippen LogP contribution in [0.25, 0.3) is 0 Å². The Bertz CT molecular complexity index is 547. The molecule has 0 aliphatic heterocycles. The first-order chi connectivity index (χ1) is 10.7. The van der Waals surface area contributed by atoms with E-state index in [0.29, 0.717) is 37.4 Å². The van der Waals surface area contributed by atoms with E-state index in [9.17, 15) is 4.79 Å². The minimum atomic E-state index is -0.252. The van der Waals surface area contributed by atoms with E-state index in [2.05, 4.69) is 29.1 Å². The lowest BCUT2D eigenvalue weighted by molar-refractivity contribution is 0.0945. The van der Waals surface area contributed by atoms with Crippen LogP contribution in [0.1, 0.15) is 43.1 Å². The molecule has 2 N–H and O–H groups in total. The molecule has 7 heteroatoms. The summed E-state index contributed by atoms with van der Waals surface area (Å²) < 4.78 is 1.61. The van der Waals surface area contributed by atoms with Gasteiger partial charge in [-0.25, -0.2) is 0 Å². The number of unbranched alkanes of at least 4 members (excludes halogenated alkanes) is 2. The molecule has 1 heterocycles. The second-order valence-corrected chi connectivity index (χ2v) is 5.11. The van der Waals surface area contributed by atoms with Crippen LogP contribution in [-0.4, -0.2) is 28.5 Å². The minimum absolute atomic E-state index is 0.251. The average molecular weight is 324 g/mol. The van der Waals surface area contributed by atoms with Crippen molar-refractivity contribution < 1.29 is 4.79 Å². The molecular formula is C15H22ClN5O. The first-order valence-corrected chi connectivity index (χ1v) is 7.79. The zero-order chi connectivity index (χ0) is 16.4. The normalized spacial score (nSPS) is 10.0. The van der Waals surface area contributed by atoms with E-state index in [0.717, 1.165) is 19.4 Å². The highest BCUT2D eigenvalue weighted by Crippen LogP contribution is 2.21. The maximum Gasteiger partial charge on any atom is 0.271 e. The van der Waals surface area contributed by atoms with Crippen molar-refractivity contribution >= 4 is 23.3 Å². The number of hydrogen-bond donors (Lipinski definition) is 2. The minimum Gasteiger partial charge on any atom is -0.368 e. The molecule has 1 aromatic heterocycles. The Morgan fingerprint density at radius 3 is 2.91 bits per heavy atom. The molecule has 120 valence electrons. The Hall–Kier alpha value is -2.00. The first-order valence-electron chi connectivity index (χ1n) is 7.41. The van der Waals surface area contributed by atoms with Gasteiger partial charge in [-0.1, -0.05) is 19.4 Å². The van der Waals surface area contributed by atoms with Crippen molar-refractivity contribution in [3.63, 3.8) is 0 Å². The van der Waals surface area contributed by atoms with Gasteiger partial charge < -0.3 is 15.2 Å². The van der Waals surface area contributed by atoms with Crippen molar-refractivity contribution in [3.8, 4) is 6.07 Å². The summed E-state index contributed by atoms with van der Waals surface area (Å²) in [6, 6.07) is 2.05. The van der Waals surface area contributed by atoms with Crippen LogP contribution in [0.4, 0.5) is 5.82 Å². The number of carbonyl (C=O) groups excluding carboxylic acids is 1. The number of amides is 1. The van der Waals surface area contributed by atoms with Crippen LogP contribution in [-0.2, 0) is 6.54 Å². The molecule has 0 aromatic carbocycles. The third-order valence-electron chi connectivity index (χ3n) is 3.02. The maximum absolute atomic E-state index is 12.4. The van der Waals surface area contributed by atoms with Crippen LogP contribution in [0.15, 0.2) is 12.7 Å². The Morgan fingerprint density at radius 2 is 2.27 bits per heavy atom. The standard InChI is InChI=1S/C15H22ClN5O/c1-3-5-9-18-13-12(14(22)19-10-7-6-8-17)21(11-4-2)15(16)20-13/h4,18H,2-3,5-7,9-11H2,1H3,(H,19,22). The molecule has 0 aliphatic rings. The van der Waals surface area contributed by atoms with Crippen molar-refractivity contribution in [2.45, 2.75) is 39.2 Å². The summed E-state index contributed by atoms with van der Waals surface area (Å²) >= 11 is 6.11. The van der Waals surface area contributed by atoms with Crippen LogP contribution < -0.4 is 10.6 Å². The molecule has 0 spiro atoms. The molecule has 6 nitrogen and oxygen atoms in total. The SMILES string of the molecule is C=CCn1c(Cl)nc(NCCCC)c1C(=O)NCCCC#N. The number of nitrogens with zero attached hydrogens (tertiary/aromatic N) is 3. The molecule has 1 amide bonds. The van der Waals surface area contributed by atoms with Gasteiger partial charge in [-0.3, -0.25) is 4.79 Å². The summed E-state index contributed by atoms with van der Waals surface area (Å²) in [6.45, 7) is 7.34. The smallest absolute Gasteiger partial charge is 0.271 e. The highest BCUT2D eigenvalue weighted by molar-refractivity contribution is 6.29. The van der Waals surface area contributed by atoms with Gasteiger partial charge in [0.15, 0.2) is 11.5 Å². The highest BCUT2D eigenvalue weighted by atomic mass is 35.5. The molecule has 1 aromatic rings. The van der Waals surface area contributed by atoms with Gasteiger partial charge in [0.1, 0.15) is 0 Å². The van der Waals surface area contributed by atoms with Gasteiger partial charge in [0.05, 0.1) is 6.07 Å². The van der Waals surface area contributed by atoms with Crippen LogP contribution >= 0.6 is 11.6 Å². The number of nitrogens with one attached hydrogen (secondary N) is 2. The predicted molar refractivity (Wildman–Crippen MR) is 88.0 cm³/mol. The fourth-order valence-corrected chi connectivity index (χ4v) is 2.15. The Kier molecular flexibility index (Phi) is 8.08.